The highest BCUT2D eigenvalue weighted by Gasteiger charge is 2.14. The van der Waals surface area contributed by atoms with Crippen LogP contribution >= 0.6 is 15.7 Å². The third-order valence-corrected chi connectivity index (χ3v) is 5.49. The van der Waals surface area contributed by atoms with Crippen molar-refractivity contribution in [1.29, 1.82) is 0 Å². The maximum Gasteiger partial charge on any atom is 0.466 e. The van der Waals surface area contributed by atoms with Crippen molar-refractivity contribution in [1.82, 2.24) is 0 Å². The zero-order valence-electron chi connectivity index (χ0n) is 12.8. The largest absolute Gasteiger partial charge is 0.466 e. The molecular weight excluding hydrogens is 342 g/mol. The number of rotatable bonds is 3. The SMILES string of the molecule is O=P(O)(O)O.c1ccc(P(c2ccccc2)c2ccccc2)cc1. The van der Waals surface area contributed by atoms with Crippen LogP contribution in [-0.4, -0.2) is 14.7 Å². The third-order valence-electron chi connectivity index (χ3n) is 3.04. The standard InChI is InChI=1S/C18H15P.H3O4P/c1-4-10-16(11-5-1)19(17-12-6-2-7-13-17)18-14-8-3-9-15-18;1-5(2,3)4/h1-15H;(H3,1,2,3,4). The van der Waals surface area contributed by atoms with Crippen molar-refractivity contribution >= 4 is 31.7 Å². The predicted octanol–water partition coefficient (Wildman–Crippen LogP) is 2.52. The molecule has 0 radical (unpaired) electrons. The van der Waals surface area contributed by atoms with Gasteiger partial charge in [-0.15, -0.1) is 0 Å². The maximum atomic E-state index is 8.88. The van der Waals surface area contributed by atoms with Crippen LogP contribution in [0.2, 0.25) is 0 Å². The molecule has 0 heterocycles. The number of phosphoric acid groups is 1. The molecule has 0 bridgehead atoms. The highest BCUT2D eigenvalue weighted by Crippen LogP contribution is 2.32. The van der Waals surface area contributed by atoms with Crippen molar-refractivity contribution < 1.29 is 19.2 Å². The van der Waals surface area contributed by atoms with Crippen molar-refractivity contribution in [2.45, 2.75) is 0 Å². The van der Waals surface area contributed by atoms with Crippen LogP contribution in [0.15, 0.2) is 91.0 Å². The van der Waals surface area contributed by atoms with Gasteiger partial charge in [0.05, 0.1) is 0 Å². The average molecular weight is 360 g/mol. The van der Waals surface area contributed by atoms with E-state index in [1.54, 1.807) is 0 Å². The Balaban J connectivity index is 0.000000368. The summed E-state index contributed by atoms with van der Waals surface area (Å²) in [4.78, 5) is 21.6. The van der Waals surface area contributed by atoms with E-state index in [0.29, 0.717) is 0 Å². The second kappa shape index (κ2) is 8.89. The van der Waals surface area contributed by atoms with Gasteiger partial charge < -0.3 is 14.7 Å². The fourth-order valence-electron chi connectivity index (χ4n) is 2.18. The summed E-state index contributed by atoms with van der Waals surface area (Å²) in [6.45, 7) is 0. The summed E-state index contributed by atoms with van der Waals surface area (Å²) in [6.07, 6.45) is 0. The smallest absolute Gasteiger partial charge is 0.303 e. The molecule has 0 aliphatic carbocycles. The Morgan fingerprint density at radius 3 is 0.958 bits per heavy atom. The van der Waals surface area contributed by atoms with Gasteiger partial charge in [0.2, 0.25) is 0 Å². The van der Waals surface area contributed by atoms with E-state index in [0.717, 1.165) is 0 Å². The van der Waals surface area contributed by atoms with Crippen molar-refractivity contribution in [3.8, 4) is 0 Å². The summed E-state index contributed by atoms with van der Waals surface area (Å²) in [5.41, 5.74) is 0. The lowest BCUT2D eigenvalue weighted by molar-refractivity contribution is 0.275. The van der Waals surface area contributed by atoms with Crippen LogP contribution in [0.1, 0.15) is 0 Å². The lowest BCUT2D eigenvalue weighted by Gasteiger charge is -2.18. The first-order valence-corrected chi connectivity index (χ1v) is 10.1. The van der Waals surface area contributed by atoms with Gasteiger partial charge in [-0.05, 0) is 23.8 Å². The van der Waals surface area contributed by atoms with Crippen LogP contribution in [0, 0.1) is 0 Å². The Labute approximate surface area is 142 Å². The van der Waals surface area contributed by atoms with Gasteiger partial charge in [-0.25, -0.2) is 4.57 Å². The number of hydrogen-bond acceptors (Lipinski definition) is 1. The molecule has 3 aromatic carbocycles. The minimum atomic E-state index is -4.64. The molecule has 0 aliphatic heterocycles. The van der Waals surface area contributed by atoms with Gasteiger partial charge in [0.1, 0.15) is 0 Å². The van der Waals surface area contributed by atoms with E-state index in [-0.39, 0.29) is 0 Å². The molecule has 0 atom stereocenters. The van der Waals surface area contributed by atoms with Gasteiger partial charge in [-0.3, -0.25) is 0 Å². The van der Waals surface area contributed by atoms with Crippen molar-refractivity contribution in [3.05, 3.63) is 91.0 Å². The Kier molecular flexibility index (Phi) is 6.86. The summed E-state index contributed by atoms with van der Waals surface area (Å²) >= 11 is 0. The van der Waals surface area contributed by atoms with Crippen molar-refractivity contribution in [2.24, 2.45) is 0 Å². The molecule has 0 fully saturated rings. The lowest BCUT2D eigenvalue weighted by atomic mass is 10.4. The number of hydrogen-bond donors (Lipinski definition) is 3. The molecular formula is C18H18O4P2. The summed E-state index contributed by atoms with van der Waals surface area (Å²) in [5, 5.41) is 4.19. The van der Waals surface area contributed by atoms with Crippen LogP contribution in [0.25, 0.3) is 0 Å². The molecule has 0 saturated heterocycles. The van der Waals surface area contributed by atoms with Crippen LogP contribution < -0.4 is 15.9 Å². The molecule has 0 amide bonds. The van der Waals surface area contributed by atoms with E-state index >= 15 is 0 Å². The number of benzene rings is 3. The minimum Gasteiger partial charge on any atom is -0.303 e. The van der Waals surface area contributed by atoms with Gasteiger partial charge in [0, 0.05) is 0 Å². The van der Waals surface area contributed by atoms with Crippen molar-refractivity contribution in [2.75, 3.05) is 0 Å². The first-order valence-electron chi connectivity index (χ1n) is 7.19. The van der Waals surface area contributed by atoms with E-state index in [4.69, 9.17) is 19.2 Å². The van der Waals surface area contributed by atoms with E-state index in [9.17, 15) is 0 Å². The van der Waals surface area contributed by atoms with Crippen molar-refractivity contribution in [3.63, 3.8) is 0 Å². The molecule has 0 unspecified atom stereocenters. The van der Waals surface area contributed by atoms with Gasteiger partial charge in [-0.2, -0.15) is 0 Å². The molecule has 0 saturated carbocycles. The summed E-state index contributed by atoms with van der Waals surface area (Å²) in [5.74, 6) is 0. The Morgan fingerprint density at radius 2 is 0.750 bits per heavy atom. The Morgan fingerprint density at radius 1 is 0.542 bits per heavy atom. The highest BCUT2D eigenvalue weighted by atomic mass is 31.2. The Hall–Kier alpha value is -1.80. The van der Waals surface area contributed by atoms with Gasteiger partial charge in [0.15, 0.2) is 0 Å². The normalized spacial score (nSPS) is 10.8. The van der Waals surface area contributed by atoms with Gasteiger partial charge >= 0.3 is 7.82 Å². The first kappa shape index (κ1) is 18.5. The van der Waals surface area contributed by atoms with Gasteiger partial charge in [0.25, 0.3) is 0 Å². The predicted molar refractivity (Wildman–Crippen MR) is 99.4 cm³/mol. The average Bonchev–Trinajstić information content (AvgIpc) is 2.57. The molecule has 6 heteroatoms. The minimum absolute atomic E-state index is 0.446. The molecule has 4 nitrogen and oxygen atoms in total. The fraction of sp³-hybridized carbons (Fsp3) is 0. The molecule has 24 heavy (non-hydrogen) atoms. The maximum absolute atomic E-state index is 8.88. The van der Waals surface area contributed by atoms with E-state index in [1.165, 1.54) is 15.9 Å². The topological polar surface area (TPSA) is 77.8 Å². The van der Waals surface area contributed by atoms with Crippen LogP contribution in [0.4, 0.5) is 0 Å². The molecule has 3 aromatic rings. The van der Waals surface area contributed by atoms with Crippen LogP contribution in [0.3, 0.4) is 0 Å². The van der Waals surface area contributed by atoms with E-state index in [2.05, 4.69) is 91.0 Å². The molecule has 3 N–H and O–H groups in total. The Bertz CT molecular complexity index is 672. The summed E-state index contributed by atoms with van der Waals surface area (Å²) in [7, 11) is -5.08. The second-order valence-electron chi connectivity index (χ2n) is 4.86. The fourth-order valence-corrected chi connectivity index (χ4v) is 4.48. The van der Waals surface area contributed by atoms with Crippen LogP contribution in [-0.2, 0) is 4.57 Å². The quantitative estimate of drug-likeness (QED) is 0.628. The highest BCUT2D eigenvalue weighted by molar-refractivity contribution is 7.79. The third kappa shape index (κ3) is 6.37. The summed E-state index contributed by atoms with van der Waals surface area (Å²) in [6, 6.07) is 32.3. The molecule has 0 aliphatic rings. The van der Waals surface area contributed by atoms with Crippen LogP contribution in [0.5, 0.6) is 0 Å². The first-order chi connectivity index (χ1) is 11.4. The van der Waals surface area contributed by atoms with E-state index in [1.807, 2.05) is 0 Å². The summed E-state index contributed by atoms with van der Waals surface area (Å²) < 4.78 is 8.88. The lowest BCUT2D eigenvalue weighted by Crippen LogP contribution is -2.20. The second-order valence-corrected chi connectivity index (χ2v) is 8.10. The zero-order chi connectivity index (χ0) is 17.4. The van der Waals surface area contributed by atoms with Gasteiger partial charge in [-0.1, -0.05) is 91.0 Å². The molecule has 0 aromatic heterocycles. The molecule has 3 rings (SSSR count). The van der Waals surface area contributed by atoms with E-state index < -0.39 is 15.7 Å². The zero-order valence-corrected chi connectivity index (χ0v) is 14.6. The molecule has 124 valence electrons. The monoisotopic (exact) mass is 360 g/mol. The molecule has 0 spiro atoms.